The minimum absolute atomic E-state index is 0.0546. The normalized spacial score (nSPS) is 24.1. The number of ether oxygens (including phenoxy) is 2. The van der Waals surface area contributed by atoms with E-state index in [9.17, 15) is 14.4 Å². The van der Waals surface area contributed by atoms with Gasteiger partial charge in [0, 0.05) is 12.6 Å². The van der Waals surface area contributed by atoms with Gasteiger partial charge in [0.15, 0.2) is 6.61 Å². The fourth-order valence-electron chi connectivity index (χ4n) is 4.31. The lowest BCUT2D eigenvalue weighted by atomic mass is 9.68. The molecule has 3 rings (SSSR count). The van der Waals surface area contributed by atoms with Crippen LogP contribution in [-0.4, -0.2) is 41.6 Å². The van der Waals surface area contributed by atoms with E-state index in [1.165, 1.54) is 44.6 Å². The number of hydrogen-bond acceptors (Lipinski definition) is 6. The largest absolute Gasteiger partial charge is 0.467 e. The average Bonchev–Trinajstić information content (AvgIpc) is 2.64. The Morgan fingerprint density at radius 3 is 2.70 bits per heavy atom. The van der Waals surface area contributed by atoms with Gasteiger partial charge < -0.3 is 14.8 Å². The van der Waals surface area contributed by atoms with Gasteiger partial charge >= 0.3 is 11.7 Å². The van der Waals surface area contributed by atoms with Gasteiger partial charge in [0.05, 0.1) is 6.61 Å². The molecular formula is C19H27N3O5. The van der Waals surface area contributed by atoms with E-state index < -0.39 is 11.7 Å². The molecular weight excluding hydrogens is 350 g/mol. The Kier molecular flexibility index (Phi) is 6.47. The maximum atomic E-state index is 12.1. The first kappa shape index (κ1) is 19.4. The number of fused-ring (bicyclic) bond motifs is 2. The summed E-state index contributed by atoms with van der Waals surface area (Å²) in [6.07, 6.45) is 7.72. The maximum absolute atomic E-state index is 12.1. The molecule has 2 bridgehead atoms. The standard InChI is InChI=1S/C19H27N3O5/c1-2-26-18(24)15-9-17(22-19(25)21-15)27-11-16(23)20-10-14-7-12-4-3-5-13(6-12)8-14/h9,12-14H,2-8,10-11H2,1H3,(H,20,23)(H,21,22,25). The molecule has 2 unspecified atom stereocenters. The molecule has 2 N–H and O–H groups in total. The fraction of sp³-hybridized carbons (Fsp3) is 0.684. The first-order valence-electron chi connectivity index (χ1n) is 9.71. The Balaban J connectivity index is 1.46. The molecule has 1 aromatic heterocycles. The highest BCUT2D eigenvalue weighted by Gasteiger charge is 2.31. The third-order valence-electron chi connectivity index (χ3n) is 5.38. The number of rotatable bonds is 7. The zero-order chi connectivity index (χ0) is 19.2. The van der Waals surface area contributed by atoms with Gasteiger partial charge in [-0.15, -0.1) is 0 Å². The van der Waals surface area contributed by atoms with Crippen LogP contribution in [0.3, 0.4) is 0 Å². The molecule has 0 aromatic carbocycles. The summed E-state index contributed by atoms with van der Waals surface area (Å²) in [6, 6.07) is 1.26. The predicted octanol–water partition coefficient (Wildman–Crippen LogP) is 1.66. The first-order valence-corrected chi connectivity index (χ1v) is 9.71. The summed E-state index contributed by atoms with van der Waals surface area (Å²) in [5, 5.41) is 2.91. The lowest BCUT2D eigenvalue weighted by Gasteiger charge is -2.39. The lowest BCUT2D eigenvalue weighted by Crippen LogP contribution is -2.37. The van der Waals surface area contributed by atoms with Crippen molar-refractivity contribution in [3.8, 4) is 5.88 Å². The number of amides is 1. The summed E-state index contributed by atoms with van der Waals surface area (Å²) >= 11 is 0. The second-order valence-electron chi connectivity index (χ2n) is 7.49. The van der Waals surface area contributed by atoms with Crippen molar-refractivity contribution in [1.82, 2.24) is 15.3 Å². The second kappa shape index (κ2) is 9.01. The van der Waals surface area contributed by atoms with Gasteiger partial charge in [0.2, 0.25) is 5.88 Å². The van der Waals surface area contributed by atoms with Crippen molar-refractivity contribution >= 4 is 11.9 Å². The van der Waals surface area contributed by atoms with Crippen LogP contribution in [0.2, 0.25) is 0 Å². The van der Waals surface area contributed by atoms with Gasteiger partial charge in [-0.05, 0) is 43.9 Å². The van der Waals surface area contributed by atoms with E-state index in [1.807, 2.05) is 0 Å². The van der Waals surface area contributed by atoms with Gasteiger partial charge in [-0.3, -0.25) is 9.78 Å². The quantitative estimate of drug-likeness (QED) is 0.699. The predicted molar refractivity (Wildman–Crippen MR) is 97.5 cm³/mol. The van der Waals surface area contributed by atoms with Crippen molar-refractivity contribution < 1.29 is 19.1 Å². The molecule has 27 heavy (non-hydrogen) atoms. The number of carbonyl (C=O) groups excluding carboxylic acids is 2. The third-order valence-corrected chi connectivity index (χ3v) is 5.38. The Hall–Kier alpha value is -2.38. The number of aromatic nitrogens is 2. The topological polar surface area (TPSA) is 110 Å². The molecule has 0 aliphatic heterocycles. The van der Waals surface area contributed by atoms with E-state index in [0.29, 0.717) is 12.5 Å². The number of hydrogen-bond donors (Lipinski definition) is 2. The van der Waals surface area contributed by atoms with Crippen molar-refractivity contribution in [2.24, 2.45) is 17.8 Å². The Labute approximate surface area is 158 Å². The minimum Gasteiger partial charge on any atom is -0.467 e. The minimum atomic E-state index is -0.732. The van der Waals surface area contributed by atoms with Crippen LogP contribution in [0.5, 0.6) is 5.88 Å². The molecule has 8 heteroatoms. The highest BCUT2D eigenvalue weighted by molar-refractivity contribution is 5.87. The highest BCUT2D eigenvalue weighted by Crippen LogP contribution is 2.42. The molecule has 1 aromatic rings. The van der Waals surface area contributed by atoms with Crippen molar-refractivity contribution in [1.29, 1.82) is 0 Å². The SMILES string of the molecule is CCOC(=O)c1cc(OCC(=O)NCC2CC3CCCC(C3)C2)nc(=O)[nH]1. The Morgan fingerprint density at radius 2 is 2.00 bits per heavy atom. The molecule has 2 saturated carbocycles. The number of aromatic amines is 1. The van der Waals surface area contributed by atoms with E-state index in [2.05, 4.69) is 15.3 Å². The summed E-state index contributed by atoms with van der Waals surface area (Å²) in [6.45, 7) is 2.26. The zero-order valence-electron chi connectivity index (χ0n) is 15.7. The Morgan fingerprint density at radius 1 is 1.26 bits per heavy atom. The van der Waals surface area contributed by atoms with Crippen LogP contribution in [0.4, 0.5) is 0 Å². The number of H-pyrrole nitrogens is 1. The monoisotopic (exact) mass is 377 g/mol. The highest BCUT2D eigenvalue weighted by atomic mass is 16.5. The van der Waals surface area contributed by atoms with Gasteiger partial charge in [0.1, 0.15) is 5.69 Å². The summed E-state index contributed by atoms with van der Waals surface area (Å²) in [7, 11) is 0. The third kappa shape index (κ3) is 5.55. The van der Waals surface area contributed by atoms with Crippen LogP contribution in [0.15, 0.2) is 10.9 Å². The average molecular weight is 377 g/mol. The van der Waals surface area contributed by atoms with Crippen molar-refractivity contribution in [3.05, 3.63) is 22.2 Å². The van der Waals surface area contributed by atoms with Gasteiger partial charge in [-0.25, -0.2) is 9.59 Å². The Bertz CT molecular complexity index is 720. The number of esters is 1. The summed E-state index contributed by atoms with van der Waals surface area (Å²) < 4.78 is 10.1. The molecule has 1 amide bonds. The summed E-state index contributed by atoms with van der Waals surface area (Å²) in [5.41, 5.74) is -0.786. The lowest BCUT2D eigenvalue weighted by molar-refractivity contribution is -0.123. The number of carbonyl (C=O) groups is 2. The fourth-order valence-corrected chi connectivity index (χ4v) is 4.31. The van der Waals surface area contributed by atoms with Crippen LogP contribution >= 0.6 is 0 Å². The molecule has 148 valence electrons. The molecule has 2 aliphatic carbocycles. The molecule has 0 saturated heterocycles. The molecule has 0 spiro atoms. The molecule has 8 nitrogen and oxygen atoms in total. The second-order valence-corrected chi connectivity index (χ2v) is 7.49. The zero-order valence-corrected chi connectivity index (χ0v) is 15.7. The van der Waals surface area contributed by atoms with Crippen molar-refractivity contribution in [2.75, 3.05) is 19.8 Å². The van der Waals surface area contributed by atoms with E-state index >= 15 is 0 Å². The molecule has 2 aliphatic rings. The van der Waals surface area contributed by atoms with Gasteiger partial charge in [0.25, 0.3) is 5.91 Å². The smallest absolute Gasteiger partial charge is 0.355 e. The van der Waals surface area contributed by atoms with Crippen molar-refractivity contribution in [3.63, 3.8) is 0 Å². The first-order chi connectivity index (χ1) is 13.0. The summed E-state index contributed by atoms with van der Waals surface area (Å²) in [4.78, 5) is 41.2. The van der Waals surface area contributed by atoms with Crippen LogP contribution in [-0.2, 0) is 9.53 Å². The van der Waals surface area contributed by atoms with Crippen LogP contribution in [0, 0.1) is 17.8 Å². The number of nitrogens with zero attached hydrogens (tertiary/aromatic N) is 1. The van der Waals surface area contributed by atoms with E-state index in [-0.39, 0.29) is 30.7 Å². The van der Waals surface area contributed by atoms with E-state index in [4.69, 9.17) is 9.47 Å². The van der Waals surface area contributed by atoms with Crippen molar-refractivity contribution in [2.45, 2.75) is 45.4 Å². The van der Waals surface area contributed by atoms with Crippen LogP contribution in [0.25, 0.3) is 0 Å². The number of nitrogens with one attached hydrogen (secondary N) is 2. The van der Waals surface area contributed by atoms with E-state index in [1.54, 1.807) is 6.92 Å². The van der Waals surface area contributed by atoms with Crippen LogP contribution < -0.4 is 15.7 Å². The molecule has 1 heterocycles. The van der Waals surface area contributed by atoms with Gasteiger partial charge in [-0.2, -0.15) is 4.98 Å². The molecule has 0 radical (unpaired) electrons. The molecule has 2 fully saturated rings. The summed E-state index contributed by atoms with van der Waals surface area (Å²) in [5.74, 6) is 1.16. The van der Waals surface area contributed by atoms with Gasteiger partial charge in [-0.1, -0.05) is 19.3 Å². The van der Waals surface area contributed by atoms with E-state index in [0.717, 1.165) is 11.8 Å². The van der Waals surface area contributed by atoms with Crippen LogP contribution in [0.1, 0.15) is 55.9 Å². The maximum Gasteiger partial charge on any atom is 0.355 e. The molecule has 2 atom stereocenters.